The molecule has 0 aromatic carbocycles. The van der Waals surface area contributed by atoms with Crippen LogP contribution in [0.4, 0.5) is 0 Å². The molecular formula is C11H24N2O. The van der Waals surface area contributed by atoms with Crippen molar-refractivity contribution >= 4 is 0 Å². The minimum atomic E-state index is 0.763. The summed E-state index contributed by atoms with van der Waals surface area (Å²) in [7, 11) is 1.77. The van der Waals surface area contributed by atoms with Crippen molar-refractivity contribution in [3.8, 4) is 0 Å². The molecule has 0 unspecified atom stereocenters. The van der Waals surface area contributed by atoms with E-state index in [1.807, 2.05) is 0 Å². The number of nitrogens with one attached hydrogen (secondary N) is 2. The van der Waals surface area contributed by atoms with Gasteiger partial charge in [0.15, 0.2) is 0 Å². The molecule has 2 N–H and O–H groups in total. The highest BCUT2D eigenvalue weighted by Crippen LogP contribution is 2.02. The third kappa shape index (κ3) is 5.58. The Morgan fingerprint density at radius 3 is 2.71 bits per heavy atom. The smallest absolute Gasteiger partial charge is 0.0462 e. The first kappa shape index (κ1) is 12.0. The van der Waals surface area contributed by atoms with Gasteiger partial charge >= 0.3 is 0 Å². The molecule has 1 saturated heterocycles. The number of methoxy groups -OCH3 is 1. The molecule has 3 heteroatoms. The Hall–Kier alpha value is -0.120. The summed E-state index contributed by atoms with van der Waals surface area (Å²) in [6, 6.07) is 0.763. The van der Waals surface area contributed by atoms with Gasteiger partial charge in [-0.2, -0.15) is 0 Å². The van der Waals surface area contributed by atoms with Gasteiger partial charge in [-0.25, -0.2) is 0 Å². The Labute approximate surface area is 87.6 Å². The van der Waals surface area contributed by atoms with Crippen molar-refractivity contribution in [2.45, 2.75) is 38.1 Å². The van der Waals surface area contributed by atoms with Crippen LogP contribution in [0.1, 0.15) is 32.1 Å². The highest BCUT2D eigenvalue weighted by Gasteiger charge is 2.10. The van der Waals surface area contributed by atoms with Crippen molar-refractivity contribution in [2.24, 2.45) is 0 Å². The van der Waals surface area contributed by atoms with Gasteiger partial charge in [0.2, 0.25) is 0 Å². The van der Waals surface area contributed by atoms with Crippen LogP contribution in [0.25, 0.3) is 0 Å². The summed E-state index contributed by atoms with van der Waals surface area (Å²) in [5.74, 6) is 0. The molecule has 3 nitrogen and oxygen atoms in total. The summed E-state index contributed by atoms with van der Waals surface area (Å²) in [5, 5.41) is 6.99. The predicted octanol–water partition coefficient (Wildman–Crippen LogP) is 1.14. The number of hydrogen-bond donors (Lipinski definition) is 2. The van der Waals surface area contributed by atoms with E-state index in [1.165, 1.54) is 51.7 Å². The molecule has 0 aliphatic carbocycles. The van der Waals surface area contributed by atoms with Crippen molar-refractivity contribution in [3.05, 3.63) is 0 Å². The average Bonchev–Trinajstić information content (AvgIpc) is 2.25. The zero-order valence-electron chi connectivity index (χ0n) is 9.35. The van der Waals surface area contributed by atoms with Gasteiger partial charge in [0.05, 0.1) is 0 Å². The van der Waals surface area contributed by atoms with Gasteiger partial charge in [0.1, 0.15) is 0 Å². The Morgan fingerprint density at radius 1 is 1.21 bits per heavy atom. The molecule has 1 aliphatic rings. The van der Waals surface area contributed by atoms with Crippen LogP contribution >= 0.6 is 0 Å². The van der Waals surface area contributed by atoms with Gasteiger partial charge in [-0.3, -0.25) is 0 Å². The largest absolute Gasteiger partial charge is 0.385 e. The normalized spacial score (nSPS) is 18.6. The van der Waals surface area contributed by atoms with Crippen LogP contribution in [0.2, 0.25) is 0 Å². The van der Waals surface area contributed by atoms with E-state index in [-0.39, 0.29) is 0 Å². The first-order valence-electron chi connectivity index (χ1n) is 5.86. The van der Waals surface area contributed by atoms with Gasteiger partial charge < -0.3 is 15.4 Å². The molecule has 84 valence electrons. The fraction of sp³-hybridized carbons (Fsp3) is 1.00. The van der Waals surface area contributed by atoms with E-state index in [2.05, 4.69) is 10.6 Å². The molecule has 0 saturated carbocycles. The van der Waals surface area contributed by atoms with Gasteiger partial charge in [-0.1, -0.05) is 0 Å². The molecule has 14 heavy (non-hydrogen) atoms. The molecule has 1 aliphatic heterocycles. The van der Waals surface area contributed by atoms with Crippen LogP contribution in [0, 0.1) is 0 Å². The van der Waals surface area contributed by atoms with E-state index >= 15 is 0 Å². The maximum absolute atomic E-state index is 5.01. The van der Waals surface area contributed by atoms with Gasteiger partial charge in [-0.15, -0.1) is 0 Å². The lowest BCUT2D eigenvalue weighted by Gasteiger charge is -2.23. The summed E-state index contributed by atoms with van der Waals surface area (Å²) in [5.41, 5.74) is 0. The molecular weight excluding hydrogens is 176 g/mol. The first-order chi connectivity index (χ1) is 6.93. The van der Waals surface area contributed by atoms with Crippen LogP contribution in [0.3, 0.4) is 0 Å². The predicted molar refractivity (Wildman–Crippen MR) is 59.6 cm³/mol. The molecule has 0 spiro atoms. The van der Waals surface area contributed by atoms with Crippen LogP contribution in [-0.2, 0) is 4.74 Å². The van der Waals surface area contributed by atoms with E-state index in [0.717, 1.165) is 12.6 Å². The van der Waals surface area contributed by atoms with Crippen LogP contribution < -0.4 is 10.6 Å². The third-order valence-electron chi connectivity index (χ3n) is 2.80. The van der Waals surface area contributed by atoms with Gasteiger partial charge in [0, 0.05) is 19.8 Å². The molecule has 1 fully saturated rings. The van der Waals surface area contributed by atoms with E-state index in [1.54, 1.807) is 7.11 Å². The highest BCUT2D eigenvalue weighted by molar-refractivity contribution is 4.73. The van der Waals surface area contributed by atoms with E-state index in [9.17, 15) is 0 Å². The Kier molecular flexibility index (Phi) is 7.01. The zero-order valence-corrected chi connectivity index (χ0v) is 9.35. The van der Waals surface area contributed by atoms with Crippen LogP contribution in [0.5, 0.6) is 0 Å². The van der Waals surface area contributed by atoms with Gasteiger partial charge in [-0.05, 0) is 51.7 Å². The molecule has 1 heterocycles. The number of piperidine rings is 1. The SMILES string of the molecule is COCCCCCNC1CCNCC1. The van der Waals surface area contributed by atoms with E-state index in [4.69, 9.17) is 4.74 Å². The van der Waals surface area contributed by atoms with Crippen molar-refractivity contribution in [3.63, 3.8) is 0 Å². The molecule has 0 aromatic rings. The number of ether oxygens (including phenoxy) is 1. The minimum absolute atomic E-state index is 0.763. The highest BCUT2D eigenvalue weighted by atomic mass is 16.5. The van der Waals surface area contributed by atoms with Crippen molar-refractivity contribution < 1.29 is 4.74 Å². The third-order valence-corrected chi connectivity index (χ3v) is 2.80. The standard InChI is InChI=1S/C11H24N2O/c1-14-10-4-2-3-7-13-11-5-8-12-9-6-11/h11-13H,2-10H2,1H3. The Bertz CT molecular complexity index is 124. The lowest BCUT2D eigenvalue weighted by Crippen LogP contribution is -2.40. The fourth-order valence-electron chi connectivity index (χ4n) is 1.88. The zero-order chi connectivity index (χ0) is 10.1. The first-order valence-corrected chi connectivity index (χ1v) is 5.86. The minimum Gasteiger partial charge on any atom is -0.385 e. The van der Waals surface area contributed by atoms with Crippen molar-refractivity contribution in [2.75, 3.05) is 33.4 Å². The summed E-state index contributed by atoms with van der Waals surface area (Å²) in [4.78, 5) is 0. The van der Waals surface area contributed by atoms with Crippen molar-refractivity contribution in [1.82, 2.24) is 10.6 Å². The molecule has 0 radical (unpaired) electrons. The monoisotopic (exact) mass is 200 g/mol. The fourth-order valence-corrected chi connectivity index (χ4v) is 1.88. The van der Waals surface area contributed by atoms with Crippen LogP contribution in [0.15, 0.2) is 0 Å². The summed E-state index contributed by atoms with van der Waals surface area (Å²) < 4.78 is 5.01. The maximum Gasteiger partial charge on any atom is 0.0462 e. The molecule has 0 bridgehead atoms. The lowest BCUT2D eigenvalue weighted by molar-refractivity contribution is 0.192. The Balaban J connectivity index is 1.82. The second-order valence-corrected chi connectivity index (χ2v) is 4.03. The second-order valence-electron chi connectivity index (χ2n) is 4.03. The van der Waals surface area contributed by atoms with E-state index < -0.39 is 0 Å². The maximum atomic E-state index is 5.01. The summed E-state index contributed by atoms with van der Waals surface area (Å²) in [6.07, 6.45) is 6.35. The Morgan fingerprint density at radius 2 is 2.00 bits per heavy atom. The second kappa shape index (κ2) is 8.21. The quantitative estimate of drug-likeness (QED) is 0.605. The number of hydrogen-bond acceptors (Lipinski definition) is 3. The topological polar surface area (TPSA) is 33.3 Å². The molecule has 0 atom stereocenters. The van der Waals surface area contributed by atoms with E-state index in [0.29, 0.717) is 0 Å². The summed E-state index contributed by atoms with van der Waals surface area (Å²) in [6.45, 7) is 4.45. The average molecular weight is 200 g/mol. The molecule has 1 rings (SSSR count). The summed E-state index contributed by atoms with van der Waals surface area (Å²) >= 11 is 0. The van der Waals surface area contributed by atoms with Crippen LogP contribution in [-0.4, -0.2) is 39.4 Å². The van der Waals surface area contributed by atoms with Gasteiger partial charge in [0.25, 0.3) is 0 Å². The van der Waals surface area contributed by atoms with Crippen molar-refractivity contribution in [1.29, 1.82) is 0 Å². The number of rotatable bonds is 7. The lowest BCUT2D eigenvalue weighted by atomic mass is 10.1. The molecule has 0 amide bonds. The number of unbranched alkanes of at least 4 members (excludes halogenated alkanes) is 2. The molecule has 0 aromatic heterocycles.